The van der Waals surface area contributed by atoms with Gasteiger partial charge in [-0.2, -0.15) is 0 Å². The number of rotatable bonds is 10. The van der Waals surface area contributed by atoms with Crippen LogP contribution in [0.5, 0.6) is 0 Å². The molecule has 39 heavy (non-hydrogen) atoms. The predicted molar refractivity (Wildman–Crippen MR) is 146 cm³/mol. The largest absolute Gasteiger partial charge is 0.366 e. The minimum atomic E-state index is -0.639. The van der Waals surface area contributed by atoms with Crippen molar-refractivity contribution in [1.82, 2.24) is 24.8 Å². The summed E-state index contributed by atoms with van der Waals surface area (Å²) in [5.41, 5.74) is 8.09. The molecule has 4 N–H and O–H groups in total. The van der Waals surface area contributed by atoms with Crippen molar-refractivity contribution in [1.29, 1.82) is 0 Å². The van der Waals surface area contributed by atoms with Crippen molar-refractivity contribution >= 4 is 51.6 Å². The van der Waals surface area contributed by atoms with Crippen LogP contribution in [0.4, 0.5) is 15.8 Å². The van der Waals surface area contributed by atoms with Gasteiger partial charge in [0.25, 0.3) is 5.91 Å². The van der Waals surface area contributed by atoms with E-state index in [-0.39, 0.29) is 47.7 Å². The first-order valence-corrected chi connectivity index (χ1v) is 12.5. The molecule has 12 heteroatoms. The van der Waals surface area contributed by atoms with Gasteiger partial charge in [0.1, 0.15) is 18.7 Å². The molecule has 2 aromatic carbocycles. The highest BCUT2D eigenvalue weighted by molar-refractivity contribution is 6.30. The number of amides is 3. The number of hydrogen-bond donors (Lipinski definition) is 3. The molecule has 0 saturated carbocycles. The number of fused-ring (bicyclic) bond motifs is 1. The maximum Gasteiger partial charge on any atom is 0.250 e. The molecule has 0 unspecified atom stereocenters. The number of nitrogens with one attached hydrogen (secondary N) is 2. The Morgan fingerprint density at radius 1 is 1.13 bits per heavy atom. The molecular formula is C27H27ClFN7O3. The molecule has 0 atom stereocenters. The minimum absolute atomic E-state index is 0.0352. The molecule has 202 valence electrons. The average molecular weight is 552 g/mol. The lowest BCUT2D eigenvalue weighted by Gasteiger charge is -2.26. The van der Waals surface area contributed by atoms with Crippen molar-refractivity contribution in [2.24, 2.45) is 5.73 Å². The molecule has 0 aliphatic carbocycles. The molecule has 2 heterocycles. The van der Waals surface area contributed by atoms with Crippen molar-refractivity contribution < 1.29 is 18.8 Å². The first kappa shape index (κ1) is 27.5. The van der Waals surface area contributed by atoms with Gasteiger partial charge in [-0.3, -0.25) is 14.4 Å². The number of nitrogens with zero attached hydrogens (tertiary/aromatic N) is 4. The van der Waals surface area contributed by atoms with Gasteiger partial charge in [-0.15, -0.1) is 0 Å². The van der Waals surface area contributed by atoms with E-state index < -0.39 is 17.6 Å². The second kappa shape index (κ2) is 11.9. The van der Waals surface area contributed by atoms with Crippen LogP contribution >= 0.6 is 11.6 Å². The average Bonchev–Trinajstić information content (AvgIpc) is 3.26. The van der Waals surface area contributed by atoms with E-state index in [1.54, 1.807) is 55.1 Å². The van der Waals surface area contributed by atoms with E-state index in [1.807, 2.05) is 0 Å². The lowest BCUT2D eigenvalue weighted by molar-refractivity contribution is -0.138. The van der Waals surface area contributed by atoms with E-state index in [4.69, 9.17) is 17.3 Å². The molecule has 4 rings (SSSR count). The summed E-state index contributed by atoms with van der Waals surface area (Å²) in [4.78, 5) is 47.5. The zero-order valence-corrected chi connectivity index (χ0v) is 22.1. The summed E-state index contributed by atoms with van der Waals surface area (Å²) in [5, 5.41) is 6.32. The Morgan fingerprint density at radius 2 is 1.87 bits per heavy atom. The Balaban J connectivity index is 1.50. The van der Waals surface area contributed by atoms with Crippen molar-refractivity contribution in [3.05, 3.63) is 83.3 Å². The van der Waals surface area contributed by atoms with Gasteiger partial charge < -0.3 is 25.8 Å². The van der Waals surface area contributed by atoms with Gasteiger partial charge in [0.05, 0.1) is 35.2 Å². The number of carbonyl (C=O) groups is 3. The third-order valence-corrected chi connectivity index (χ3v) is 6.36. The first-order chi connectivity index (χ1) is 18.6. The highest BCUT2D eigenvalue weighted by Gasteiger charge is 2.23. The maximum absolute atomic E-state index is 14.1. The Labute approximate surface area is 229 Å². The van der Waals surface area contributed by atoms with Crippen LogP contribution < -0.4 is 16.4 Å². The monoisotopic (exact) mass is 551 g/mol. The summed E-state index contributed by atoms with van der Waals surface area (Å²) >= 11 is 5.80. The predicted octanol–water partition coefficient (Wildman–Crippen LogP) is 3.62. The van der Waals surface area contributed by atoms with Gasteiger partial charge in [-0.05, 0) is 38.1 Å². The molecule has 0 radical (unpaired) electrons. The zero-order valence-electron chi connectivity index (χ0n) is 21.3. The smallest absolute Gasteiger partial charge is 0.250 e. The van der Waals surface area contributed by atoms with Gasteiger partial charge in [0, 0.05) is 40.9 Å². The van der Waals surface area contributed by atoms with Crippen LogP contribution in [0.3, 0.4) is 0 Å². The van der Waals surface area contributed by atoms with E-state index >= 15 is 0 Å². The van der Waals surface area contributed by atoms with E-state index in [9.17, 15) is 18.8 Å². The van der Waals surface area contributed by atoms with Gasteiger partial charge >= 0.3 is 0 Å². The van der Waals surface area contributed by atoms with Crippen LogP contribution in [0.1, 0.15) is 29.8 Å². The molecule has 0 aliphatic heterocycles. The topological polar surface area (TPSA) is 135 Å². The number of anilines is 2. The Hall–Kier alpha value is -4.51. The summed E-state index contributed by atoms with van der Waals surface area (Å²) < 4.78 is 15.8. The molecule has 3 amide bonds. The number of nitrogens with two attached hydrogens (primary N) is 1. The standard InChI is InChI=1S/C27H27ClFN7O3/c1-16(2)36(13-24(37)33-9-17-4-3-5-22(28)26(17)29)25(38)14-35-12-21(27(30)39)20-8-18(6-7-23(20)35)34-19-10-31-15-32-11-19/h3-8,10-12,15-16,34H,9,13-14H2,1-2H3,(H2,30,39)(H,33,37). The second-order valence-electron chi connectivity index (χ2n) is 9.12. The highest BCUT2D eigenvalue weighted by atomic mass is 35.5. The first-order valence-electron chi connectivity index (χ1n) is 12.1. The quantitative estimate of drug-likeness (QED) is 0.275. The van der Waals surface area contributed by atoms with Crippen LogP contribution in [-0.4, -0.2) is 49.7 Å². The molecule has 10 nitrogen and oxygen atoms in total. The number of hydrogen-bond acceptors (Lipinski definition) is 6. The Kier molecular flexibility index (Phi) is 8.40. The summed E-state index contributed by atoms with van der Waals surface area (Å²) in [6.45, 7) is 3.15. The second-order valence-corrected chi connectivity index (χ2v) is 9.53. The van der Waals surface area contributed by atoms with Gasteiger partial charge in [-0.25, -0.2) is 14.4 Å². The number of halogens is 2. The summed E-state index contributed by atoms with van der Waals surface area (Å²) in [5.74, 6) is -2.03. The lowest BCUT2D eigenvalue weighted by Crippen LogP contribution is -2.45. The molecule has 0 aliphatic rings. The lowest BCUT2D eigenvalue weighted by atomic mass is 10.1. The molecule has 0 fully saturated rings. The Morgan fingerprint density at radius 3 is 2.56 bits per heavy atom. The SMILES string of the molecule is CC(C)N(CC(=O)NCc1cccc(Cl)c1F)C(=O)Cn1cc(C(N)=O)c2cc(Nc3cncnc3)ccc21. The number of aromatic nitrogens is 3. The number of primary amides is 1. The summed E-state index contributed by atoms with van der Waals surface area (Å²) in [6, 6.07) is 9.56. The van der Waals surface area contributed by atoms with Gasteiger partial charge in [0.15, 0.2) is 0 Å². The third kappa shape index (κ3) is 6.50. The van der Waals surface area contributed by atoms with E-state index in [0.717, 1.165) is 0 Å². The molecule has 0 bridgehead atoms. The minimum Gasteiger partial charge on any atom is -0.366 e. The molecular weight excluding hydrogens is 525 g/mol. The fourth-order valence-electron chi connectivity index (χ4n) is 4.12. The fourth-order valence-corrected chi connectivity index (χ4v) is 4.31. The van der Waals surface area contributed by atoms with Gasteiger partial charge in [0.2, 0.25) is 11.8 Å². The van der Waals surface area contributed by atoms with Crippen molar-refractivity contribution in [3.8, 4) is 0 Å². The zero-order chi connectivity index (χ0) is 28.1. The van der Waals surface area contributed by atoms with Crippen molar-refractivity contribution in [3.63, 3.8) is 0 Å². The van der Waals surface area contributed by atoms with Gasteiger partial charge in [-0.1, -0.05) is 23.7 Å². The third-order valence-electron chi connectivity index (χ3n) is 6.07. The molecule has 0 spiro atoms. The van der Waals surface area contributed by atoms with Crippen LogP contribution in [0.25, 0.3) is 10.9 Å². The van der Waals surface area contributed by atoms with Crippen LogP contribution in [0.2, 0.25) is 5.02 Å². The fraction of sp³-hybridized carbons (Fsp3) is 0.222. The molecule has 4 aromatic rings. The normalized spacial score (nSPS) is 11.0. The summed E-state index contributed by atoms with van der Waals surface area (Å²) in [6.07, 6.45) is 6.16. The van der Waals surface area contributed by atoms with Crippen LogP contribution in [0.15, 0.2) is 61.3 Å². The van der Waals surface area contributed by atoms with E-state index in [0.29, 0.717) is 22.3 Å². The van der Waals surface area contributed by atoms with Crippen molar-refractivity contribution in [2.45, 2.75) is 33.0 Å². The highest BCUT2D eigenvalue weighted by Crippen LogP contribution is 2.27. The molecule has 2 aromatic heterocycles. The van der Waals surface area contributed by atoms with Crippen LogP contribution in [0, 0.1) is 5.82 Å². The van der Waals surface area contributed by atoms with Crippen molar-refractivity contribution in [2.75, 3.05) is 11.9 Å². The van der Waals surface area contributed by atoms with Crippen LogP contribution in [-0.2, 0) is 22.7 Å². The number of carbonyl (C=O) groups excluding carboxylic acids is 3. The van der Waals surface area contributed by atoms with E-state index in [2.05, 4.69) is 20.6 Å². The number of benzene rings is 2. The Bertz CT molecular complexity index is 1520. The van der Waals surface area contributed by atoms with E-state index in [1.165, 1.54) is 29.6 Å². The maximum atomic E-state index is 14.1. The summed E-state index contributed by atoms with van der Waals surface area (Å²) in [7, 11) is 0. The molecule has 0 saturated heterocycles.